The summed E-state index contributed by atoms with van der Waals surface area (Å²) < 4.78 is 11.2. The summed E-state index contributed by atoms with van der Waals surface area (Å²) in [6, 6.07) is 21.9. The Balaban J connectivity index is 1.87. The molecule has 0 fully saturated rings. The molecule has 4 nitrogen and oxygen atoms in total. The van der Waals surface area contributed by atoms with Crippen LogP contribution in [0.3, 0.4) is 0 Å². The molecule has 1 aliphatic heterocycles. The number of methoxy groups -OCH3 is 2. The van der Waals surface area contributed by atoms with Crippen LogP contribution in [0.2, 0.25) is 0 Å². The van der Waals surface area contributed by atoms with Gasteiger partial charge in [0.15, 0.2) is 11.5 Å². The lowest BCUT2D eigenvalue weighted by molar-refractivity contribution is 0.354. The maximum atomic E-state index is 5.62. The highest BCUT2D eigenvalue weighted by Crippen LogP contribution is 2.39. The summed E-state index contributed by atoms with van der Waals surface area (Å²) in [5.74, 6) is 1.57. The minimum atomic E-state index is 0.786. The van der Waals surface area contributed by atoms with E-state index in [0.29, 0.717) is 0 Å². The lowest BCUT2D eigenvalue weighted by Gasteiger charge is -2.29. The fraction of sp³-hybridized carbons (Fsp3) is 0.333. The molecule has 0 saturated carbocycles. The number of ether oxygens (including phenoxy) is 2. The number of hydrogen-bond donors (Lipinski definition) is 0. The molecule has 0 aliphatic carbocycles. The lowest BCUT2D eigenvalue weighted by Crippen LogP contribution is -2.24. The van der Waals surface area contributed by atoms with Gasteiger partial charge in [-0.2, -0.15) is 0 Å². The first-order valence-electron chi connectivity index (χ1n) is 10.9. The van der Waals surface area contributed by atoms with Gasteiger partial charge in [0.1, 0.15) is 0 Å². The predicted octanol–water partition coefficient (Wildman–Crippen LogP) is 5.29. The van der Waals surface area contributed by atoms with E-state index in [1.54, 1.807) is 14.2 Å². The molecule has 3 aromatic carbocycles. The first-order valence-corrected chi connectivity index (χ1v) is 10.9. The molecule has 1 aliphatic rings. The van der Waals surface area contributed by atoms with Crippen LogP contribution in [0.4, 0.5) is 11.4 Å². The zero-order chi connectivity index (χ0) is 21.8. The Bertz CT molecular complexity index is 969. The van der Waals surface area contributed by atoms with Crippen molar-refractivity contribution in [2.45, 2.75) is 19.3 Å². The Kier molecular flexibility index (Phi) is 6.47. The zero-order valence-electron chi connectivity index (χ0n) is 19.0. The molecule has 0 N–H and O–H groups in total. The normalized spacial score (nSPS) is 12.9. The Morgan fingerprint density at radius 2 is 1.23 bits per heavy atom. The molecular weight excluding hydrogens is 384 g/mol. The second kappa shape index (κ2) is 9.44. The van der Waals surface area contributed by atoms with E-state index < -0.39 is 0 Å². The molecule has 0 radical (unpaired) electrons. The molecule has 162 valence electrons. The van der Waals surface area contributed by atoms with Crippen molar-refractivity contribution >= 4 is 11.4 Å². The van der Waals surface area contributed by atoms with Gasteiger partial charge in [0.05, 0.1) is 14.2 Å². The van der Waals surface area contributed by atoms with E-state index in [2.05, 4.69) is 84.6 Å². The summed E-state index contributed by atoms with van der Waals surface area (Å²) in [7, 11) is 7.68. The molecule has 4 rings (SSSR count). The first kappa shape index (κ1) is 21.3. The van der Waals surface area contributed by atoms with E-state index in [9.17, 15) is 0 Å². The second-order valence-electron chi connectivity index (χ2n) is 8.40. The van der Waals surface area contributed by atoms with Crippen LogP contribution in [-0.4, -0.2) is 46.3 Å². The number of fused-ring (bicyclic) bond motifs is 3. The van der Waals surface area contributed by atoms with Crippen LogP contribution < -0.4 is 14.4 Å². The molecule has 0 saturated heterocycles. The number of anilines is 2. The molecule has 0 amide bonds. The molecule has 31 heavy (non-hydrogen) atoms. The van der Waals surface area contributed by atoms with Crippen LogP contribution in [0.1, 0.15) is 28.7 Å². The fourth-order valence-electron chi connectivity index (χ4n) is 4.47. The summed E-state index contributed by atoms with van der Waals surface area (Å²) >= 11 is 0. The van der Waals surface area contributed by atoms with Crippen molar-refractivity contribution in [1.82, 2.24) is 4.90 Å². The standard InChI is InChI=1S/C27H32N2O2/c1-28(2)14-9-15-29-24-12-7-5-10-20(24)16-22-18-26(30-3)27(31-4)19-23(22)17-21-11-6-8-13-25(21)29/h5-8,10-13,18-19H,9,14-17H2,1-4H3. The Hall–Kier alpha value is -2.98. The summed E-state index contributed by atoms with van der Waals surface area (Å²) in [6.07, 6.45) is 2.83. The van der Waals surface area contributed by atoms with Gasteiger partial charge in [-0.25, -0.2) is 0 Å². The molecular formula is C27H32N2O2. The van der Waals surface area contributed by atoms with Crippen molar-refractivity contribution in [3.63, 3.8) is 0 Å². The highest BCUT2D eigenvalue weighted by Gasteiger charge is 2.21. The van der Waals surface area contributed by atoms with Gasteiger partial charge in [-0.15, -0.1) is 0 Å². The van der Waals surface area contributed by atoms with Gasteiger partial charge >= 0.3 is 0 Å². The third-order valence-corrected chi connectivity index (χ3v) is 6.02. The van der Waals surface area contributed by atoms with E-state index in [0.717, 1.165) is 43.9 Å². The van der Waals surface area contributed by atoms with E-state index >= 15 is 0 Å². The van der Waals surface area contributed by atoms with Crippen molar-refractivity contribution in [1.29, 1.82) is 0 Å². The van der Waals surface area contributed by atoms with Gasteiger partial charge < -0.3 is 19.3 Å². The van der Waals surface area contributed by atoms with Crippen LogP contribution in [0.25, 0.3) is 0 Å². The van der Waals surface area contributed by atoms with Crippen molar-refractivity contribution in [3.8, 4) is 11.5 Å². The number of rotatable bonds is 6. The zero-order valence-corrected chi connectivity index (χ0v) is 19.0. The smallest absolute Gasteiger partial charge is 0.161 e. The van der Waals surface area contributed by atoms with E-state index in [4.69, 9.17) is 9.47 Å². The molecule has 0 aromatic heterocycles. The van der Waals surface area contributed by atoms with Gasteiger partial charge in [-0.1, -0.05) is 36.4 Å². The van der Waals surface area contributed by atoms with Crippen molar-refractivity contribution in [2.24, 2.45) is 0 Å². The van der Waals surface area contributed by atoms with Crippen molar-refractivity contribution < 1.29 is 9.47 Å². The number of nitrogens with zero attached hydrogens (tertiary/aromatic N) is 2. The van der Waals surface area contributed by atoms with E-state index in [1.807, 2.05) is 0 Å². The minimum Gasteiger partial charge on any atom is -0.493 e. The van der Waals surface area contributed by atoms with Crippen molar-refractivity contribution in [2.75, 3.05) is 46.3 Å². The molecule has 0 spiro atoms. The van der Waals surface area contributed by atoms with Gasteiger partial charge in [-0.05, 0) is 86.4 Å². The molecule has 0 bridgehead atoms. The minimum absolute atomic E-state index is 0.786. The van der Waals surface area contributed by atoms with Gasteiger partial charge in [0.2, 0.25) is 0 Å². The molecule has 1 heterocycles. The molecule has 0 unspecified atom stereocenters. The summed E-state index contributed by atoms with van der Waals surface area (Å²) in [6.45, 7) is 2.05. The van der Waals surface area contributed by atoms with E-state index in [-0.39, 0.29) is 0 Å². The summed E-state index contributed by atoms with van der Waals surface area (Å²) in [5.41, 5.74) is 7.81. The molecule has 4 heteroatoms. The average Bonchev–Trinajstić information content (AvgIpc) is 2.83. The quantitative estimate of drug-likeness (QED) is 0.545. The van der Waals surface area contributed by atoms with Gasteiger partial charge in [-0.3, -0.25) is 0 Å². The number of para-hydroxylation sites is 2. The van der Waals surface area contributed by atoms with Crippen molar-refractivity contribution in [3.05, 3.63) is 82.9 Å². The number of hydrogen-bond acceptors (Lipinski definition) is 4. The van der Waals surface area contributed by atoms with Crippen LogP contribution in [0.5, 0.6) is 11.5 Å². The highest BCUT2D eigenvalue weighted by atomic mass is 16.5. The first-order chi connectivity index (χ1) is 15.1. The summed E-state index contributed by atoms with van der Waals surface area (Å²) in [5, 5.41) is 0. The largest absolute Gasteiger partial charge is 0.493 e. The molecule has 0 atom stereocenters. The predicted molar refractivity (Wildman–Crippen MR) is 128 cm³/mol. The summed E-state index contributed by atoms with van der Waals surface area (Å²) in [4.78, 5) is 4.76. The van der Waals surface area contributed by atoms with Gasteiger partial charge in [0, 0.05) is 17.9 Å². The van der Waals surface area contributed by atoms with Crippen LogP contribution in [0.15, 0.2) is 60.7 Å². The van der Waals surface area contributed by atoms with Gasteiger partial charge in [0.25, 0.3) is 0 Å². The third kappa shape index (κ3) is 4.54. The second-order valence-corrected chi connectivity index (χ2v) is 8.40. The SMILES string of the molecule is COc1cc2c(cc1OC)Cc1ccccc1N(CCCN(C)C)c1ccccc1C2. The van der Waals surface area contributed by atoms with Crippen LogP contribution in [0, 0.1) is 0 Å². The maximum Gasteiger partial charge on any atom is 0.161 e. The average molecular weight is 417 g/mol. The van der Waals surface area contributed by atoms with Crippen LogP contribution >= 0.6 is 0 Å². The number of benzene rings is 3. The fourth-order valence-corrected chi connectivity index (χ4v) is 4.47. The highest BCUT2D eigenvalue weighted by molar-refractivity contribution is 5.71. The topological polar surface area (TPSA) is 24.9 Å². The molecule has 3 aromatic rings. The lowest BCUT2D eigenvalue weighted by atomic mass is 9.94. The Morgan fingerprint density at radius 3 is 1.68 bits per heavy atom. The Labute approximate surface area is 186 Å². The monoisotopic (exact) mass is 416 g/mol. The van der Waals surface area contributed by atoms with E-state index in [1.165, 1.54) is 33.6 Å². The third-order valence-electron chi connectivity index (χ3n) is 6.02. The maximum absolute atomic E-state index is 5.62. The van der Waals surface area contributed by atoms with Crippen LogP contribution in [-0.2, 0) is 12.8 Å². The Morgan fingerprint density at radius 1 is 0.742 bits per heavy atom.